The number of rotatable bonds is 1. The Labute approximate surface area is 92.9 Å². The Bertz CT molecular complexity index is 440. The number of hydrogen-bond acceptors (Lipinski definition) is 4. The molecule has 15 heavy (non-hydrogen) atoms. The molecule has 76 valence electrons. The van der Waals surface area contributed by atoms with Gasteiger partial charge in [0, 0.05) is 12.6 Å². The van der Waals surface area contributed by atoms with Crippen molar-refractivity contribution in [2.75, 3.05) is 0 Å². The quantitative estimate of drug-likeness (QED) is 0.392. The first-order valence-corrected chi connectivity index (χ1v) is 4.90. The van der Waals surface area contributed by atoms with Crippen molar-refractivity contribution in [1.29, 1.82) is 0 Å². The average Bonchev–Trinajstić information content (AvgIpc) is 2.51. The predicted molar refractivity (Wildman–Crippen MR) is 65.8 cm³/mol. The van der Waals surface area contributed by atoms with E-state index in [-0.39, 0.29) is 0 Å². The molecular weight excluding hydrogens is 208 g/mol. The summed E-state index contributed by atoms with van der Waals surface area (Å²) in [7, 11) is 0. The minimum Gasteiger partial charge on any atom is -0.315 e. The summed E-state index contributed by atoms with van der Waals surface area (Å²) in [6.45, 7) is 0. The maximum absolute atomic E-state index is 5.28. The SMILES string of the molecule is NNC(=S)C1=CC=C2C=NN=CC=C2C1. The molecule has 2 rings (SSSR count). The van der Waals surface area contributed by atoms with Crippen molar-refractivity contribution in [3.05, 3.63) is 34.9 Å². The molecule has 0 atom stereocenters. The molecule has 0 amide bonds. The minimum atomic E-state index is 0.573. The molecule has 0 saturated carbocycles. The summed E-state index contributed by atoms with van der Waals surface area (Å²) in [5.41, 5.74) is 5.70. The first kappa shape index (κ1) is 9.95. The van der Waals surface area contributed by atoms with Gasteiger partial charge in [-0.3, -0.25) is 0 Å². The van der Waals surface area contributed by atoms with E-state index in [4.69, 9.17) is 18.1 Å². The van der Waals surface area contributed by atoms with E-state index in [1.54, 1.807) is 12.4 Å². The van der Waals surface area contributed by atoms with Gasteiger partial charge in [-0.15, -0.1) is 0 Å². The molecule has 2 aliphatic rings. The maximum atomic E-state index is 5.28. The summed E-state index contributed by atoms with van der Waals surface area (Å²) in [6, 6.07) is 0. The molecule has 1 aliphatic carbocycles. The zero-order valence-electron chi connectivity index (χ0n) is 7.97. The normalized spacial score (nSPS) is 18.3. The van der Waals surface area contributed by atoms with Crippen molar-refractivity contribution in [2.24, 2.45) is 16.0 Å². The molecule has 4 nitrogen and oxygen atoms in total. The summed E-state index contributed by atoms with van der Waals surface area (Å²) < 4.78 is 0. The lowest BCUT2D eigenvalue weighted by atomic mass is 9.93. The van der Waals surface area contributed by atoms with E-state index in [1.165, 1.54) is 0 Å². The van der Waals surface area contributed by atoms with Gasteiger partial charge < -0.3 is 5.43 Å². The van der Waals surface area contributed by atoms with Crippen LogP contribution < -0.4 is 11.3 Å². The van der Waals surface area contributed by atoms with Crippen LogP contribution in [0.5, 0.6) is 0 Å². The molecule has 0 unspecified atom stereocenters. The van der Waals surface area contributed by atoms with Crippen molar-refractivity contribution in [1.82, 2.24) is 5.43 Å². The number of allylic oxidation sites excluding steroid dienone is 5. The number of fused-ring (bicyclic) bond motifs is 1. The number of thiocarbonyl (C=S) groups is 1. The van der Waals surface area contributed by atoms with Gasteiger partial charge >= 0.3 is 0 Å². The molecule has 0 spiro atoms. The van der Waals surface area contributed by atoms with Gasteiger partial charge in [0.25, 0.3) is 0 Å². The second-order valence-corrected chi connectivity index (χ2v) is 3.57. The highest BCUT2D eigenvalue weighted by Crippen LogP contribution is 2.24. The van der Waals surface area contributed by atoms with Gasteiger partial charge in [0.1, 0.15) is 4.99 Å². The van der Waals surface area contributed by atoms with Crippen LogP contribution >= 0.6 is 12.2 Å². The zero-order valence-corrected chi connectivity index (χ0v) is 8.79. The first-order valence-electron chi connectivity index (χ1n) is 4.49. The Kier molecular flexibility index (Phi) is 2.84. The van der Waals surface area contributed by atoms with Crippen molar-refractivity contribution in [2.45, 2.75) is 6.42 Å². The van der Waals surface area contributed by atoms with Gasteiger partial charge in [0.2, 0.25) is 0 Å². The van der Waals surface area contributed by atoms with Gasteiger partial charge in [-0.2, -0.15) is 10.2 Å². The predicted octanol–water partition coefficient (Wildman–Crippen LogP) is 1.03. The van der Waals surface area contributed by atoms with Gasteiger partial charge in [-0.1, -0.05) is 24.4 Å². The molecule has 0 fully saturated rings. The highest BCUT2D eigenvalue weighted by atomic mass is 32.1. The highest BCUT2D eigenvalue weighted by molar-refractivity contribution is 7.80. The Balaban J connectivity index is 2.32. The zero-order chi connectivity index (χ0) is 10.7. The van der Waals surface area contributed by atoms with E-state index in [0.29, 0.717) is 4.99 Å². The van der Waals surface area contributed by atoms with Crippen molar-refractivity contribution < 1.29 is 0 Å². The lowest BCUT2D eigenvalue weighted by Crippen LogP contribution is -2.30. The van der Waals surface area contributed by atoms with Crippen LogP contribution in [0.15, 0.2) is 45.2 Å². The van der Waals surface area contributed by atoms with Gasteiger partial charge in [0.05, 0.1) is 6.21 Å². The van der Waals surface area contributed by atoms with Crippen molar-refractivity contribution in [3.63, 3.8) is 0 Å². The van der Waals surface area contributed by atoms with Crippen LogP contribution in [0, 0.1) is 0 Å². The fourth-order valence-corrected chi connectivity index (χ4v) is 1.59. The van der Waals surface area contributed by atoms with Crippen LogP contribution in [0.25, 0.3) is 0 Å². The Hall–Kier alpha value is -1.59. The smallest absolute Gasteiger partial charge is 0.116 e. The van der Waals surface area contributed by atoms with E-state index >= 15 is 0 Å². The van der Waals surface area contributed by atoms with Crippen LogP contribution in [0.4, 0.5) is 0 Å². The summed E-state index contributed by atoms with van der Waals surface area (Å²) in [4.78, 5) is 0.573. The van der Waals surface area contributed by atoms with Crippen LogP contribution in [-0.4, -0.2) is 17.4 Å². The molecule has 0 aromatic heterocycles. The summed E-state index contributed by atoms with van der Waals surface area (Å²) in [5, 5.41) is 7.68. The molecule has 1 aliphatic heterocycles. The van der Waals surface area contributed by atoms with Crippen LogP contribution in [0.2, 0.25) is 0 Å². The van der Waals surface area contributed by atoms with Gasteiger partial charge in [-0.25, -0.2) is 5.84 Å². The average molecular weight is 218 g/mol. The molecular formula is C10H10N4S. The molecule has 0 bridgehead atoms. The Morgan fingerprint density at radius 2 is 2.20 bits per heavy atom. The van der Waals surface area contributed by atoms with Crippen molar-refractivity contribution >= 4 is 29.6 Å². The number of nitrogens with zero attached hydrogens (tertiary/aromatic N) is 2. The highest BCUT2D eigenvalue weighted by Gasteiger charge is 2.13. The van der Waals surface area contributed by atoms with Gasteiger partial charge in [-0.05, 0) is 22.8 Å². The number of hydrogen-bond donors (Lipinski definition) is 2. The summed E-state index contributed by atoms with van der Waals surface area (Å²) in [6.07, 6.45) is 10.0. The fourth-order valence-electron chi connectivity index (χ4n) is 1.45. The second kappa shape index (κ2) is 4.29. The fraction of sp³-hybridized carbons (Fsp3) is 0.100. The number of nitrogens with one attached hydrogen (secondary N) is 1. The first-order chi connectivity index (χ1) is 7.31. The molecule has 3 N–H and O–H groups in total. The third-order valence-corrected chi connectivity index (χ3v) is 2.62. The number of nitrogens with two attached hydrogens (primary N) is 1. The monoisotopic (exact) mass is 218 g/mol. The van der Waals surface area contributed by atoms with Crippen LogP contribution in [-0.2, 0) is 0 Å². The van der Waals surface area contributed by atoms with E-state index < -0.39 is 0 Å². The van der Waals surface area contributed by atoms with E-state index in [9.17, 15) is 0 Å². The number of hydrazine groups is 1. The lowest BCUT2D eigenvalue weighted by Gasteiger charge is -2.15. The maximum Gasteiger partial charge on any atom is 0.116 e. The summed E-state index contributed by atoms with van der Waals surface area (Å²) in [5.74, 6) is 5.28. The third-order valence-electron chi connectivity index (χ3n) is 2.24. The van der Waals surface area contributed by atoms with E-state index in [0.717, 1.165) is 23.1 Å². The second-order valence-electron chi connectivity index (χ2n) is 3.17. The molecule has 0 aromatic carbocycles. The lowest BCUT2D eigenvalue weighted by molar-refractivity contribution is 1.03. The van der Waals surface area contributed by atoms with Crippen molar-refractivity contribution in [3.8, 4) is 0 Å². The molecule has 0 aromatic rings. The minimum absolute atomic E-state index is 0.573. The molecule has 0 radical (unpaired) electrons. The van der Waals surface area contributed by atoms with E-state index in [2.05, 4.69) is 15.6 Å². The Morgan fingerprint density at radius 3 is 3.00 bits per heavy atom. The van der Waals surface area contributed by atoms with Crippen LogP contribution in [0.1, 0.15) is 6.42 Å². The Morgan fingerprint density at radius 1 is 1.33 bits per heavy atom. The van der Waals surface area contributed by atoms with Crippen LogP contribution in [0.3, 0.4) is 0 Å². The molecule has 5 heteroatoms. The summed E-state index contributed by atoms with van der Waals surface area (Å²) >= 11 is 5.07. The molecule has 1 heterocycles. The molecule has 0 saturated heterocycles. The van der Waals surface area contributed by atoms with Gasteiger partial charge in [0.15, 0.2) is 0 Å². The van der Waals surface area contributed by atoms with E-state index in [1.807, 2.05) is 18.2 Å². The topological polar surface area (TPSA) is 62.8 Å². The largest absolute Gasteiger partial charge is 0.315 e. The third kappa shape index (κ3) is 2.08. The standard InChI is InChI=1S/C10H10N4S/c11-14-10(15)8-1-2-9-6-13-12-4-3-7(9)5-8/h1-4,6H,5,11H2,(H,14,15).